The van der Waals surface area contributed by atoms with Crippen LogP contribution in [0.3, 0.4) is 0 Å². The third-order valence-electron chi connectivity index (χ3n) is 4.24. The van der Waals surface area contributed by atoms with Crippen LogP contribution in [0.1, 0.15) is 15.9 Å². The quantitative estimate of drug-likeness (QED) is 0.457. The van der Waals surface area contributed by atoms with Gasteiger partial charge in [-0.2, -0.15) is 13.2 Å². The highest BCUT2D eigenvalue weighted by atomic mass is 35.5. The summed E-state index contributed by atoms with van der Waals surface area (Å²) in [6, 6.07) is 12.7. The van der Waals surface area contributed by atoms with Crippen molar-refractivity contribution in [1.82, 2.24) is 0 Å². The zero-order chi connectivity index (χ0) is 23.5. The monoisotopic (exact) mass is 484 g/mol. The van der Waals surface area contributed by atoms with Gasteiger partial charge in [0.05, 0.1) is 34.6 Å². The fourth-order valence-corrected chi connectivity index (χ4v) is 3.34. The number of benzene rings is 3. The number of carbonyl (C=O) groups excluding carboxylic acids is 1. The van der Waals surface area contributed by atoms with Gasteiger partial charge in [0.15, 0.2) is 4.90 Å². The van der Waals surface area contributed by atoms with Crippen LogP contribution in [0.5, 0.6) is 17.2 Å². The van der Waals surface area contributed by atoms with Gasteiger partial charge in [-0.3, -0.25) is 4.79 Å². The maximum atomic E-state index is 13.2. The van der Waals surface area contributed by atoms with E-state index in [1.807, 2.05) is 0 Å². The van der Waals surface area contributed by atoms with E-state index in [1.165, 1.54) is 49.6 Å². The first-order chi connectivity index (χ1) is 15.1. The van der Waals surface area contributed by atoms with Crippen molar-refractivity contribution in [3.63, 3.8) is 0 Å². The average molecular weight is 485 g/mol. The number of halogens is 4. The molecule has 168 valence electrons. The van der Waals surface area contributed by atoms with Crippen LogP contribution >= 0.6 is 11.6 Å². The number of nitrogens with one attached hydrogen (secondary N) is 1. The second-order valence-electron chi connectivity index (χ2n) is 6.39. The Kier molecular flexibility index (Phi) is 7.19. The molecule has 3 aromatic rings. The number of anilines is 1. The lowest BCUT2D eigenvalue weighted by atomic mass is 10.1. The van der Waals surface area contributed by atoms with Crippen molar-refractivity contribution in [2.75, 3.05) is 12.4 Å². The number of nitrogens with two attached hydrogens (primary N) is 1. The minimum absolute atomic E-state index is 0.0290. The normalized spacial score (nSPS) is 12.2. The number of hydrogen-bond donors (Lipinski definition) is 2. The molecule has 0 heterocycles. The Bertz CT molecular complexity index is 1140. The minimum atomic E-state index is -4.66. The molecule has 0 saturated heterocycles. The van der Waals surface area contributed by atoms with Crippen LogP contribution in [0, 0.1) is 0 Å². The Morgan fingerprint density at radius 3 is 2.47 bits per heavy atom. The van der Waals surface area contributed by atoms with Crippen molar-refractivity contribution < 1.29 is 32.0 Å². The molecule has 0 aliphatic rings. The molecule has 0 aromatic heterocycles. The SMILES string of the molecule is COc1ccc(Oc2cc(C(F)(F)F)ccc2C(=O)Nc2cccc([S+](N)[O-])c2)c(Cl)c1. The van der Waals surface area contributed by atoms with Gasteiger partial charge in [-0.1, -0.05) is 17.7 Å². The van der Waals surface area contributed by atoms with Crippen LogP contribution in [0.25, 0.3) is 0 Å². The van der Waals surface area contributed by atoms with Crippen LogP contribution in [0.2, 0.25) is 5.02 Å². The molecule has 0 aliphatic carbocycles. The van der Waals surface area contributed by atoms with Crippen molar-refractivity contribution >= 4 is 34.6 Å². The van der Waals surface area contributed by atoms with Gasteiger partial charge in [-0.05, 0) is 42.5 Å². The Balaban J connectivity index is 1.98. The summed E-state index contributed by atoms with van der Waals surface area (Å²) in [6.45, 7) is 0. The standard InChI is InChI=1S/C21H16ClF3N2O4S/c1-30-14-6-8-18(17(22)11-14)31-19-9-12(21(23,24)25)5-7-16(19)20(28)27-13-3-2-4-15(10-13)32(26)29/h2-11H,26H2,1H3,(H,27,28). The van der Waals surface area contributed by atoms with Gasteiger partial charge >= 0.3 is 6.18 Å². The number of alkyl halides is 3. The summed E-state index contributed by atoms with van der Waals surface area (Å²) < 4.78 is 61.8. The van der Waals surface area contributed by atoms with E-state index in [0.29, 0.717) is 11.8 Å². The molecule has 3 N–H and O–H groups in total. The molecule has 1 unspecified atom stereocenters. The lowest BCUT2D eigenvalue weighted by Crippen LogP contribution is -2.16. The molecule has 0 radical (unpaired) electrons. The summed E-state index contributed by atoms with van der Waals surface area (Å²) in [5.41, 5.74) is -0.932. The van der Waals surface area contributed by atoms with Crippen molar-refractivity contribution in [2.24, 2.45) is 5.14 Å². The molecule has 1 amide bonds. The van der Waals surface area contributed by atoms with Crippen LogP contribution in [0.4, 0.5) is 18.9 Å². The van der Waals surface area contributed by atoms with Gasteiger partial charge in [0.25, 0.3) is 5.91 Å². The molecule has 1 atom stereocenters. The molecule has 0 fully saturated rings. The molecule has 3 rings (SSSR count). The predicted molar refractivity (Wildman–Crippen MR) is 115 cm³/mol. The van der Waals surface area contributed by atoms with Crippen molar-refractivity contribution in [3.8, 4) is 17.2 Å². The summed E-state index contributed by atoms with van der Waals surface area (Å²) in [4.78, 5) is 13.1. The van der Waals surface area contributed by atoms with Gasteiger partial charge in [0.1, 0.15) is 17.2 Å². The molecule has 0 spiro atoms. The minimum Gasteiger partial charge on any atom is -0.593 e. The summed E-state index contributed by atoms with van der Waals surface area (Å²) in [6.07, 6.45) is -4.66. The second-order valence-corrected chi connectivity index (χ2v) is 7.86. The summed E-state index contributed by atoms with van der Waals surface area (Å²) in [5, 5.41) is 7.94. The van der Waals surface area contributed by atoms with E-state index in [1.54, 1.807) is 0 Å². The molecule has 11 heteroatoms. The number of ether oxygens (including phenoxy) is 2. The van der Waals surface area contributed by atoms with Crippen molar-refractivity contribution in [3.05, 3.63) is 76.8 Å². The summed E-state index contributed by atoms with van der Waals surface area (Å²) in [7, 11) is 1.43. The van der Waals surface area contributed by atoms with Crippen molar-refractivity contribution in [2.45, 2.75) is 11.1 Å². The number of rotatable bonds is 6. The topological polar surface area (TPSA) is 96.6 Å². The fourth-order valence-electron chi connectivity index (χ4n) is 2.68. The van der Waals surface area contributed by atoms with Gasteiger partial charge in [0, 0.05) is 17.8 Å². The Morgan fingerprint density at radius 1 is 1.09 bits per heavy atom. The van der Waals surface area contributed by atoms with Gasteiger partial charge in [-0.25, -0.2) is 0 Å². The molecular weight excluding hydrogens is 469 g/mol. The number of amides is 1. The average Bonchev–Trinajstić information content (AvgIpc) is 2.74. The number of methoxy groups -OCH3 is 1. The van der Waals surface area contributed by atoms with E-state index >= 15 is 0 Å². The smallest absolute Gasteiger partial charge is 0.416 e. The zero-order valence-electron chi connectivity index (χ0n) is 16.4. The lowest BCUT2D eigenvalue weighted by molar-refractivity contribution is -0.137. The first kappa shape index (κ1) is 23.7. The molecule has 0 saturated carbocycles. The van der Waals surface area contributed by atoms with Gasteiger partial charge < -0.3 is 19.3 Å². The van der Waals surface area contributed by atoms with E-state index < -0.39 is 29.0 Å². The third kappa shape index (κ3) is 5.65. The number of hydrogen-bond acceptors (Lipinski definition) is 5. The fraction of sp³-hybridized carbons (Fsp3) is 0.0952. The Hall–Kier alpha value is -2.92. The van der Waals surface area contributed by atoms with E-state index in [2.05, 4.69) is 5.32 Å². The molecule has 3 aromatic carbocycles. The van der Waals surface area contributed by atoms with E-state index in [9.17, 15) is 22.5 Å². The van der Waals surface area contributed by atoms with E-state index in [-0.39, 0.29) is 32.7 Å². The van der Waals surface area contributed by atoms with Crippen LogP contribution in [0.15, 0.2) is 65.6 Å². The Labute approximate surface area is 189 Å². The van der Waals surface area contributed by atoms with Crippen LogP contribution in [-0.4, -0.2) is 17.6 Å². The summed E-state index contributed by atoms with van der Waals surface area (Å²) >= 11 is 4.35. The van der Waals surface area contributed by atoms with E-state index in [4.69, 9.17) is 26.2 Å². The third-order valence-corrected chi connectivity index (χ3v) is 5.25. The highest BCUT2D eigenvalue weighted by Crippen LogP contribution is 2.38. The zero-order valence-corrected chi connectivity index (χ0v) is 18.0. The maximum absolute atomic E-state index is 13.2. The largest absolute Gasteiger partial charge is 0.593 e. The van der Waals surface area contributed by atoms with Crippen LogP contribution in [-0.2, 0) is 17.5 Å². The molecule has 0 aliphatic heterocycles. The van der Waals surface area contributed by atoms with Gasteiger partial charge in [-0.15, -0.1) is 5.14 Å². The molecule has 32 heavy (non-hydrogen) atoms. The number of carbonyl (C=O) groups is 1. The molecular formula is C21H16ClF3N2O4S. The van der Waals surface area contributed by atoms with Gasteiger partial charge in [0.2, 0.25) is 0 Å². The molecule has 0 bridgehead atoms. The van der Waals surface area contributed by atoms with Crippen molar-refractivity contribution in [1.29, 1.82) is 0 Å². The highest BCUT2D eigenvalue weighted by molar-refractivity contribution is 7.89. The Morgan fingerprint density at radius 2 is 1.84 bits per heavy atom. The first-order valence-electron chi connectivity index (χ1n) is 8.88. The maximum Gasteiger partial charge on any atom is 0.416 e. The van der Waals surface area contributed by atoms with Crippen LogP contribution < -0.4 is 19.9 Å². The first-order valence-corrected chi connectivity index (χ1v) is 10.5. The highest BCUT2D eigenvalue weighted by Gasteiger charge is 2.32. The lowest BCUT2D eigenvalue weighted by Gasteiger charge is -2.16. The predicted octanol–water partition coefficient (Wildman–Crippen LogP) is 5.39. The van der Waals surface area contributed by atoms with E-state index in [0.717, 1.165) is 12.1 Å². The second kappa shape index (κ2) is 9.70. The molecule has 6 nitrogen and oxygen atoms in total. The summed E-state index contributed by atoms with van der Waals surface area (Å²) in [5.74, 6) is -0.663.